The van der Waals surface area contributed by atoms with Crippen molar-refractivity contribution in [3.8, 4) is 11.5 Å². The van der Waals surface area contributed by atoms with Gasteiger partial charge in [0.1, 0.15) is 6.61 Å². The van der Waals surface area contributed by atoms with Crippen LogP contribution in [0.15, 0.2) is 18.2 Å². The van der Waals surface area contributed by atoms with Gasteiger partial charge in [-0.05, 0) is 35.5 Å². The summed E-state index contributed by atoms with van der Waals surface area (Å²) in [7, 11) is 1.62. The number of aromatic nitrogens is 2. The standard InChI is InChI=1S/C17H21N3O3S/c1-10(2)15-14(24-20-19-15)8-18-17(21)12-7-11-5-4-6-13(22-3)16(11)23-9-12/h4-6,10,12H,7-9H2,1-3H3,(H,18,21)/t12-/m0/s1. The van der Waals surface area contributed by atoms with Crippen LogP contribution in [0.4, 0.5) is 0 Å². The Kier molecular flexibility index (Phi) is 4.99. The topological polar surface area (TPSA) is 73.3 Å². The van der Waals surface area contributed by atoms with E-state index >= 15 is 0 Å². The first-order chi connectivity index (χ1) is 11.6. The molecular formula is C17H21N3O3S. The molecule has 0 unspecified atom stereocenters. The van der Waals surface area contributed by atoms with Gasteiger partial charge in [0.15, 0.2) is 11.5 Å². The Hall–Kier alpha value is -2.15. The van der Waals surface area contributed by atoms with Crippen LogP contribution in [0.3, 0.4) is 0 Å². The van der Waals surface area contributed by atoms with E-state index in [0.29, 0.717) is 31.2 Å². The summed E-state index contributed by atoms with van der Waals surface area (Å²) >= 11 is 1.34. The van der Waals surface area contributed by atoms with Crippen LogP contribution in [0, 0.1) is 5.92 Å². The Balaban J connectivity index is 1.63. The molecule has 0 spiro atoms. The Bertz CT molecular complexity index is 730. The maximum absolute atomic E-state index is 12.5. The van der Waals surface area contributed by atoms with Gasteiger partial charge in [-0.1, -0.05) is 30.5 Å². The Morgan fingerprint density at radius 1 is 1.50 bits per heavy atom. The van der Waals surface area contributed by atoms with Crippen molar-refractivity contribution in [1.29, 1.82) is 0 Å². The van der Waals surface area contributed by atoms with Gasteiger partial charge >= 0.3 is 0 Å². The molecule has 1 amide bonds. The molecule has 24 heavy (non-hydrogen) atoms. The number of carbonyl (C=O) groups excluding carboxylic acids is 1. The van der Waals surface area contributed by atoms with Crippen LogP contribution in [0.1, 0.15) is 35.9 Å². The van der Waals surface area contributed by atoms with E-state index in [4.69, 9.17) is 9.47 Å². The van der Waals surface area contributed by atoms with Gasteiger partial charge in [0.2, 0.25) is 5.91 Å². The van der Waals surface area contributed by atoms with Gasteiger partial charge in [-0.15, -0.1) is 5.10 Å². The van der Waals surface area contributed by atoms with Crippen molar-refractivity contribution in [3.05, 3.63) is 34.3 Å². The monoisotopic (exact) mass is 347 g/mol. The molecule has 1 N–H and O–H groups in total. The zero-order chi connectivity index (χ0) is 17.1. The molecule has 0 saturated heterocycles. The van der Waals surface area contributed by atoms with Crippen molar-refractivity contribution >= 4 is 17.4 Å². The smallest absolute Gasteiger partial charge is 0.227 e. The number of fused-ring (bicyclic) bond motifs is 1. The third kappa shape index (κ3) is 3.36. The number of amides is 1. The molecule has 3 rings (SSSR count). The third-order valence-corrected chi connectivity index (χ3v) is 4.84. The zero-order valence-electron chi connectivity index (χ0n) is 14.0. The van der Waals surface area contributed by atoms with Crippen molar-refractivity contribution in [2.75, 3.05) is 13.7 Å². The second kappa shape index (κ2) is 7.17. The molecule has 1 aromatic heterocycles. The lowest BCUT2D eigenvalue weighted by Crippen LogP contribution is -2.37. The van der Waals surface area contributed by atoms with Gasteiger partial charge in [-0.25, -0.2) is 0 Å². The number of hydrogen-bond donors (Lipinski definition) is 1. The van der Waals surface area contributed by atoms with Crippen LogP contribution in [-0.4, -0.2) is 29.2 Å². The average molecular weight is 347 g/mol. The Morgan fingerprint density at radius 2 is 2.33 bits per heavy atom. The van der Waals surface area contributed by atoms with E-state index in [1.54, 1.807) is 7.11 Å². The number of carbonyl (C=O) groups is 1. The molecule has 1 atom stereocenters. The number of methoxy groups -OCH3 is 1. The molecular weight excluding hydrogens is 326 g/mol. The van der Waals surface area contributed by atoms with Gasteiger partial charge in [0, 0.05) is 0 Å². The molecule has 1 aromatic carbocycles. The summed E-state index contributed by atoms with van der Waals surface area (Å²) in [5.41, 5.74) is 1.96. The first-order valence-electron chi connectivity index (χ1n) is 7.97. The number of rotatable bonds is 5. The van der Waals surface area contributed by atoms with Crippen LogP contribution in [0.25, 0.3) is 0 Å². The van der Waals surface area contributed by atoms with Gasteiger partial charge in [0.25, 0.3) is 0 Å². The molecule has 0 aliphatic carbocycles. The van der Waals surface area contributed by atoms with Crippen molar-refractivity contribution in [1.82, 2.24) is 14.9 Å². The van der Waals surface area contributed by atoms with E-state index in [2.05, 4.69) is 28.8 Å². The number of para-hydroxylation sites is 1. The average Bonchev–Trinajstić information content (AvgIpc) is 3.07. The third-order valence-electron chi connectivity index (χ3n) is 4.10. The number of benzene rings is 1. The predicted molar refractivity (Wildman–Crippen MR) is 91.5 cm³/mol. The lowest BCUT2D eigenvalue weighted by Gasteiger charge is -2.25. The minimum atomic E-state index is -0.201. The molecule has 6 nitrogen and oxygen atoms in total. The molecule has 0 fully saturated rings. The van der Waals surface area contributed by atoms with Gasteiger partial charge in [-0.2, -0.15) is 0 Å². The normalized spacial score (nSPS) is 16.4. The van der Waals surface area contributed by atoms with E-state index in [1.165, 1.54) is 11.5 Å². The summed E-state index contributed by atoms with van der Waals surface area (Å²) in [5, 5.41) is 7.12. The highest BCUT2D eigenvalue weighted by Crippen LogP contribution is 2.36. The summed E-state index contributed by atoms with van der Waals surface area (Å²) in [5.74, 6) is 1.55. The number of nitrogens with one attached hydrogen (secondary N) is 1. The van der Waals surface area contributed by atoms with Crippen molar-refractivity contribution < 1.29 is 14.3 Å². The zero-order valence-corrected chi connectivity index (χ0v) is 14.9. The fourth-order valence-electron chi connectivity index (χ4n) is 2.81. The van der Waals surface area contributed by atoms with Gasteiger partial charge in [-0.3, -0.25) is 4.79 Å². The van der Waals surface area contributed by atoms with E-state index < -0.39 is 0 Å². The number of nitrogens with zero attached hydrogens (tertiary/aromatic N) is 2. The molecule has 128 valence electrons. The molecule has 1 aliphatic heterocycles. The molecule has 0 radical (unpaired) electrons. The maximum Gasteiger partial charge on any atom is 0.227 e. The highest BCUT2D eigenvalue weighted by Gasteiger charge is 2.28. The number of hydrogen-bond acceptors (Lipinski definition) is 6. The van der Waals surface area contributed by atoms with Crippen LogP contribution in [0.2, 0.25) is 0 Å². The predicted octanol–water partition coefficient (Wildman–Crippen LogP) is 2.54. The summed E-state index contributed by atoms with van der Waals surface area (Å²) in [6, 6.07) is 5.75. The number of ether oxygens (including phenoxy) is 2. The summed E-state index contributed by atoms with van der Waals surface area (Å²) in [6.07, 6.45) is 0.649. The summed E-state index contributed by atoms with van der Waals surface area (Å²) in [6.45, 7) is 4.96. The van der Waals surface area contributed by atoms with Crippen LogP contribution < -0.4 is 14.8 Å². The summed E-state index contributed by atoms with van der Waals surface area (Å²) < 4.78 is 15.1. The fraction of sp³-hybridized carbons (Fsp3) is 0.471. The van der Waals surface area contributed by atoms with Gasteiger partial charge < -0.3 is 14.8 Å². The van der Waals surface area contributed by atoms with E-state index in [1.807, 2.05) is 18.2 Å². The SMILES string of the molecule is COc1cccc2c1OC[C@@H](C(=O)NCc1snnc1C(C)C)C2. The van der Waals surface area contributed by atoms with E-state index in [-0.39, 0.29) is 11.8 Å². The largest absolute Gasteiger partial charge is 0.493 e. The molecule has 0 bridgehead atoms. The maximum atomic E-state index is 12.5. The highest BCUT2D eigenvalue weighted by molar-refractivity contribution is 7.05. The molecule has 1 aliphatic rings. The van der Waals surface area contributed by atoms with Crippen molar-refractivity contribution in [2.24, 2.45) is 5.92 Å². The summed E-state index contributed by atoms with van der Waals surface area (Å²) in [4.78, 5) is 13.5. The van der Waals surface area contributed by atoms with Crippen LogP contribution >= 0.6 is 11.5 Å². The fourth-order valence-corrected chi connectivity index (χ4v) is 3.55. The Morgan fingerprint density at radius 3 is 3.08 bits per heavy atom. The quantitative estimate of drug-likeness (QED) is 0.900. The first kappa shape index (κ1) is 16.7. The van der Waals surface area contributed by atoms with Crippen molar-refractivity contribution in [2.45, 2.75) is 32.7 Å². The van der Waals surface area contributed by atoms with E-state index in [0.717, 1.165) is 21.9 Å². The highest BCUT2D eigenvalue weighted by atomic mass is 32.1. The molecule has 0 saturated carbocycles. The van der Waals surface area contributed by atoms with E-state index in [9.17, 15) is 4.79 Å². The molecule has 2 heterocycles. The molecule has 2 aromatic rings. The molecule has 7 heteroatoms. The lowest BCUT2D eigenvalue weighted by atomic mass is 9.95. The van der Waals surface area contributed by atoms with Crippen LogP contribution in [0.5, 0.6) is 11.5 Å². The van der Waals surface area contributed by atoms with Gasteiger partial charge in [0.05, 0.1) is 30.1 Å². The minimum Gasteiger partial charge on any atom is -0.493 e. The van der Waals surface area contributed by atoms with Crippen LogP contribution in [-0.2, 0) is 17.8 Å². The van der Waals surface area contributed by atoms with Crippen molar-refractivity contribution in [3.63, 3.8) is 0 Å². The second-order valence-corrected chi connectivity index (χ2v) is 6.95. The lowest BCUT2D eigenvalue weighted by molar-refractivity contribution is -0.126. The minimum absolute atomic E-state index is 0.00780. The Labute approximate surface area is 145 Å². The second-order valence-electron chi connectivity index (χ2n) is 6.11. The first-order valence-corrected chi connectivity index (χ1v) is 8.75.